The number of amides is 1. The largest absolute Gasteiger partial charge is 0.494 e. The summed E-state index contributed by atoms with van der Waals surface area (Å²) in [4.78, 5) is 12.1. The zero-order valence-electron chi connectivity index (χ0n) is 10.7. The van der Waals surface area contributed by atoms with Gasteiger partial charge in [0.15, 0.2) is 0 Å². The summed E-state index contributed by atoms with van der Waals surface area (Å²) >= 11 is 0. The fourth-order valence-electron chi connectivity index (χ4n) is 2.38. The fourth-order valence-corrected chi connectivity index (χ4v) is 2.38. The number of nitrogens with two attached hydrogens (primary N) is 1. The first-order valence-electron chi connectivity index (χ1n) is 6.50. The van der Waals surface area contributed by atoms with Crippen LogP contribution in [0.3, 0.4) is 0 Å². The molecule has 3 N–H and O–H groups in total. The number of carbonyl (C=O) groups excluding carboxylic acids is 1. The summed E-state index contributed by atoms with van der Waals surface area (Å²) in [5.41, 5.74) is 6.69. The molecule has 2 unspecified atom stereocenters. The van der Waals surface area contributed by atoms with E-state index in [1.807, 2.05) is 31.2 Å². The predicted molar refractivity (Wildman–Crippen MR) is 71.6 cm³/mol. The molecule has 1 aliphatic carbocycles. The van der Waals surface area contributed by atoms with E-state index in [1.165, 1.54) is 0 Å². The van der Waals surface area contributed by atoms with Crippen LogP contribution in [0.1, 0.15) is 26.2 Å². The Balaban J connectivity index is 2.00. The summed E-state index contributed by atoms with van der Waals surface area (Å²) in [6.45, 7) is 2.55. The van der Waals surface area contributed by atoms with E-state index in [2.05, 4.69) is 5.32 Å². The molecule has 0 aromatic heterocycles. The second-order valence-corrected chi connectivity index (χ2v) is 4.65. The lowest BCUT2D eigenvalue weighted by Crippen LogP contribution is -2.34. The first-order valence-corrected chi connectivity index (χ1v) is 6.50. The van der Waals surface area contributed by atoms with Crippen LogP contribution < -0.4 is 15.8 Å². The van der Waals surface area contributed by atoms with Crippen molar-refractivity contribution in [2.24, 2.45) is 11.7 Å². The van der Waals surface area contributed by atoms with Gasteiger partial charge in [0.25, 0.3) is 0 Å². The highest BCUT2D eigenvalue weighted by Gasteiger charge is 2.30. The molecule has 0 bridgehead atoms. The van der Waals surface area contributed by atoms with Crippen LogP contribution >= 0.6 is 0 Å². The highest BCUT2D eigenvalue weighted by Crippen LogP contribution is 2.26. The average Bonchev–Trinajstić information content (AvgIpc) is 2.76. The molecule has 0 saturated heterocycles. The van der Waals surface area contributed by atoms with Crippen molar-refractivity contribution in [1.29, 1.82) is 0 Å². The molecule has 1 aliphatic rings. The molecule has 1 amide bonds. The minimum atomic E-state index is -0.0549. The standard InChI is InChI=1S/C14H20N2O2/c1-2-18-11-6-3-5-10(9-11)16-14(17)12-7-4-8-13(12)15/h3,5-6,9,12-13H,2,4,7-8,15H2,1H3,(H,16,17). The summed E-state index contributed by atoms with van der Waals surface area (Å²) in [7, 11) is 0. The lowest BCUT2D eigenvalue weighted by Gasteiger charge is -2.15. The Morgan fingerprint density at radius 1 is 1.50 bits per heavy atom. The predicted octanol–water partition coefficient (Wildman–Crippen LogP) is 2.15. The molecule has 18 heavy (non-hydrogen) atoms. The molecule has 1 fully saturated rings. The van der Waals surface area contributed by atoms with Crippen LogP contribution in [0.4, 0.5) is 5.69 Å². The van der Waals surface area contributed by atoms with Gasteiger partial charge in [0.2, 0.25) is 5.91 Å². The van der Waals surface area contributed by atoms with Gasteiger partial charge in [-0.25, -0.2) is 0 Å². The molecule has 4 nitrogen and oxygen atoms in total. The number of hydrogen-bond acceptors (Lipinski definition) is 3. The van der Waals surface area contributed by atoms with Crippen LogP contribution in [-0.4, -0.2) is 18.6 Å². The minimum absolute atomic E-state index is 0.0000689. The second-order valence-electron chi connectivity index (χ2n) is 4.65. The van der Waals surface area contributed by atoms with Gasteiger partial charge in [-0.05, 0) is 31.9 Å². The number of benzene rings is 1. The highest BCUT2D eigenvalue weighted by atomic mass is 16.5. The van der Waals surface area contributed by atoms with Crippen LogP contribution in [0.2, 0.25) is 0 Å². The quantitative estimate of drug-likeness (QED) is 0.858. The third-order valence-corrected chi connectivity index (χ3v) is 3.32. The SMILES string of the molecule is CCOc1cccc(NC(=O)C2CCCC2N)c1. The third-order valence-electron chi connectivity index (χ3n) is 3.32. The average molecular weight is 248 g/mol. The number of hydrogen-bond donors (Lipinski definition) is 2. The Morgan fingerprint density at radius 2 is 2.33 bits per heavy atom. The monoisotopic (exact) mass is 248 g/mol. The van der Waals surface area contributed by atoms with E-state index < -0.39 is 0 Å². The van der Waals surface area contributed by atoms with Crippen molar-refractivity contribution in [3.63, 3.8) is 0 Å². The van der Waals surface area contributed by atoms with Crippen LogP contribution in [0.25, 0.3) is 0 Å². The minimum Gasteiger partial charge on any atom is -0.494 e. The Labute approximate surface area is 108 Å². The highest BCUT2D eigenvalue weighted by molar-refractivity contribution is 5.93. The molecular formula is C14H20N2O2. The molecule has 0 radical (unpaired) electrons. The van der Waals surface area contributed by atoms with Gasteiger partial charge in [0, 0.05) is 17.8 Å². The van der Waals surface area contributed by atoms with Crippen molar-refractivity contribution in [2.75, 3.05) is 11.9 Å². The summed E-state index contributed by atoms with van der Waals surface area (Å²) in [5, 5.41) is 2.91. The van der Waals surface area contributed by atoms with Gasteiger partial charge in [-0.1, -0.05) is 12.5 Å². The van der Waals surface area contributed by atoms with E-state index in [-0.39, 0.29) is 17.9 Å². The van der Waals surface area contributed by atoms with Crippen molar-refractivity contribution in [2.45, 2.75) is 32.2 Å². The molecule has 98 valence electrons. The molecule has 2 atom stereocenters. The van der Waals surface area contributed by atoms with Gasteiger partial charge >= 0.3 is 0 Å². The Kier molecular flexibility index (Phi) is 4.20. The first kappa shape index (κ1) is 12.9. The zero-order chi connectivity index (χ0) is 13.0. The summed E-state index contributed by atoms with van der Waals surface area (Å²) < 4.78 is 5.40. The van der Waals surface area contributed by atoms with Crippen LogP contribution in [0.15, 0.2) is 24.3 Å². The van der Waals surface area contributed by atoms with Crippen molar-refractivity contribution in [3.05, 3.63) is 24.3 Å². The number of carbonyl (C=O) groups is 1. The molecule has 1 aromatic rings. The maximum Gasteiger partial charge on any atom is 0.229 e. The first-order chi connectivity index (χ1) is 8.70. The molecular weight excluding hydrogens is 228 g/mol. The number of nitrogens with one attached hydrogen (secondary N) is 1. The fraction of sp³-hybridized carbons (Fsp3) is 0.500. The molecule has 0 heterocycles. The second kappa shape index (κ2) is 5.87. The smallest absolute Gasteiger partial charge is 0.229 e. The Hall–Kier alpha value is -1.55. The van der Waals surface area contributed by atoms with Gasteiger partial charge < -0.3 is 15.8 Å². The van der Waals surface area contributed by atoms with Crippen molar-refractivity contribution < 1.29 is 9.53 Å². The Morgan fingerprint density at radius 3 is 3.00 bits per heavy atom. The Bertz CT molecular complexity index is 420. The van der Waals surface area contributed by atoms with E-state index in [0.717, 1.165) is 30.7 Å². The maximum atomic E-state index is 12.1. The van der Waals surface area contributed by atoms with E-state index in [1.54, 1.807) is 0 Å². The van der Waals surface area contributed by atoms with Crippen molar-refractivity contribution in [1.82, 2.24) is 0 Å². The number of ether oxygens (including phenoxy) is 1. The van der Waals surface area contributed by atoms with Gasteiger partial charge in [0.1, 0.15) is 5.75 Å². The number of rotatable bonds is 4. The summed E-state index contributed by atoms with van der Waals surface area (Å²) in [6.07, 6.45) is 2.87. The van der Waals surface area contributed by atoms with Crippen LogP contribution in [-0.2, 0) is 4.79 Å². The van der Waals surface area contributed by atoms with E-state index in [9.17, 15) is 4.79 Å². The maximum absolute atomic E-state index is 12.1. The van der Waals surface area contributed by atoms with Gasteiger partial charge in [-0.3, -0.25) is 4.79 Å². The van der Waals surface area contributed by atoms with Gasteiger partial charge in [-0.2, -0.15) is 0 Å². The van der Waals surface area contributed by atoms with Crippen molar-refractivity contribution >= 4 is 11.6 Å². The molecule has 2 rings (SSSR count). The zero-order valence-corrected chi connectivity index (χ0v) is 10.7. The summed E-state index contributed by atoms with van der Waals surface area (Å²) in [6, 6.07) is 7.44. The van der Waals surface area contributed by atoms with E-state index in [0.29, 0.717) is 6.61 Å². The topological polar surface area (TPSA) is 64.3 Å². The van der Waals surface area contributed by atoms with Crippen LogP contribution in [0.5, 0.6) is 5.75 Å². The normalized spacial score (nSPS) is 22.8. The van der Waals surface area contributed by atoms with E-state index >= 15 is 0 Å². The van der Waals surface area contributed by atoms with Crippen LogP contribution in [0, 0.1) is 5.92 Å². The lowest BCUT2D eigenvalue weighted by molar-refractivity contribution is -0.120. The number of anilines is 1. The van der Waals surface area contributed by atoms with Gasteiger partial charge in [0.05, 0.1) is 12.5 Å². The third kappa shape index (κ3) is 3.01. The summed E-state index contributed by atoms with van der Waals surface area (Å²) in [5.74, 6) is 0.736. The van der Waals surface area contributed by atoms with E-state index in [4.69, 9.17) is 10.5 Å². The molecule has 0 spiro atoms. The molecule has 1 saturated carbocycles. The molecule has 1 aromatic carbocycles. The van der Waals surface area contributed by atoms with Crippen molar-refractivity contribution in [3.8, 4) is 5.75 Å². The van der Waals surface area contributed by atoms with Gasteiger partial charge in [-0.15, -0.1) is 0 Å². The molecule has 4 heteroatoms. The lowest BCUT2D eigenvalue weighted by atomic mass is 10.0. The molecule has 0 aliphatic heterocycles.